The first-order chi connectivity index (χ1) is 12.9. The monoisotopic (exact) mass is 420 g/mol. The van der Waals surface area contributed by atoms with Gasteiger partial charge >= 0.3 is 0 Å². The van der Waals surface area contributed by atoms with E-state index >= 15 is 0 Å². The molecule has 0 unspecified atom stereocenters. The van der Waals surface area contributed by atoms with E-state index in [4.69, 9.17) is 5.73 Å². The van der Waals surface area contributed by atoms with Gasteiger partial charge in [0.15, 0.2) is 11.0 Å². The van der Waals surface area contributed by atoms with Crippen molar-refractivity contribution in [3.63, 3.8) is 0 Å². The molecule has 0 aliphatic carbocycles. The highest BCUT2D eigenvalue weighted by atomic mass is 35.5. The summed E-state index contributed by atoms with van der Waals surface area (Å²) >= 11 is 1.45. The summed E-state index contributed by atoms with van der Waals surface area (Å²) in [6.45, 7) is 1.84. The summed E-state index contributed by atoms with van der Waals surface area (Å²) in [5, 5.41) is 3.19. The molecule has 4 rings (SSSR count). The number of hydrogen-bond donors (Lipinski definition) is 3. The number of carbonyl (C=O) groups is 1. The van der Waals surface area contributed by atoms with E-state index in [1.54, 1.807) is 24.5 Å². The summed E-state index contributed by atoms with van der Waals surface area (Å²) in [5.74, 6) is 0.116. The highest BCUT2D eigenvalue weighted by Gasteiger charge is 2.32. The van der Waals surface area contributed by atoms with Crippen LogP contribution in [0.3, 0.4) is 0 Å². The van der Waals surface area contributed by atoms with Crippen molar-refractivity contribution in [3.05, 3.63) is 53.9 Å². The first-order valence-electron chi connectivity index (χ1n) is 8.34. The third-order valence-corrected chi connectivity index (χ3v) is 5.29. The number of amides is 1. The lowest BCUT2D eigenvalue weighted by atomic mass is 9.89. The Kier molecular flexibility index (Phi) is 5.57. The van der Waals surface area contributed by atoms with Crippen LogP contribution in [0.4, 0.5) is 10.1 Å². The summed E-state index contributed by atoms with van der Waals surface area (Å²) < 4.78 is 14.5. The number of amidine groups is 1. The Labute approximate surface area is 170 Å². The molecule has 0 radical (unpaired) electrons. The summed E-state index contributed by atoms with van der Waals surface area (Å²) in [5.41, 5.74) is 7.25. The molecule has 3 aromatic rings. The van der Waals surface area contributed by atoms with Gasteiger partial charge in [0.05, 0.1) is 22.8 Å². The second-order valence-corrected chi connectivity index (χ2v) is 7.56. The van der Waals surface area contributed by atoms with E-state index in [-0.39, 0.29) is 24.0 Å². The van der Waals surface area contributed by atoms with Crippen LogP contribution in [0.1, 0.15) is 29.5 Å². The molecule has 1 aliphatic rings. The van der Waals surface area contributed by atoms with Gasteiger partial charge in [-0.1, -0.05) is 11.8 Å². The van der Waals surface area contributed by atoms with Crippen molar-refractivity contribution in [2.45, 2.75) is 18.9 Å². The molecule has 1 atom stereocenters. The van der Waals surface area contributed by atoms with E-state index in [1.165, 1.54) is 23.9 Å². The van der Waals surface area contributed by atoms with Gasteiger partial charge in [-0.2, -0.15) is 0 Å². The Balaban J connectivity index is 0.00000225. The predicted molar refractivity (Wildman–Crippen MR) is 112 cm³/mol. The fraction of sp³-hybridized carbons (Fsp3) is 0.222. The number of halogens is 2. The van der Waals surface area contributed by atoms with Crippen LogP contribution in [0, 0.1) is 5.82 Å². The second-order valence-electron chi connectivity index (χ2n) is 6.45. The van der Waals surface area contributed by atoms with E-state index in [2.05, 4.69) is 25.3 Å². The fourth-order valence-electron chi connectivity index (χ4n) is 3.05. The Bertz CT molecular complexity index is 1040. The van der Waals surface area contributed by atoms with Crippen LogP contribution < -0.4 is 11.1 Å². The highest BCUT2D eigenvalue weighted by Crippen LogP contribution is 2.37. The van der Waals surface area contributed by atoms with Gasteiger partial charge in [0.25, 0.3) is 5.91 Å². The number of rotatable bonds is 3. The average Bonchev–Trinajstić information content (AvgIpc) is 3.07. The number of nitrogens with zero attached hydrogens (tertiary/aromatic N) is 3. The maximum Gasteiger partial charge on any atom is 0.291 e. The molecule has 0 saturated carbocycles. The summed E-state index contributed by atoms with van der Waals surface area (Å²) in [6, 6.07) is 6.15. The number of aromatic amines is 1. The molecule has 0 bridgehead atoms. The van der Waals surface area contributed by atoms with Crippen molar-refractivity contribution in [3.8, 4) is 0 Å². The van der Waals surface area contributed by atoms with Gasteiger partial charge in [-0.3, -0.25) is 14.8 Å². The number of imidazole rings is 1. The zero-order valence-electron chi connectivity index (χ0n) is 14.9. The quantitative estimate of drug-likeness (QED) is 0.601. The largest absolute Gasteiger partial charge is 0.379 e. The highest BCUT2D eigenvalue weighted by molar-refractivity contribution is 8.13. The SMILES string of the molecule is C[C@@]1(c2cc(NC(=O)c3nc4ccncc4[nH]3)ccc2F)CCSC(N)=N1.Cl. The van der Waals surface area contributed by atoms with Crippen LogP contribution in [-0.4, -0.2) is 31.8 Å². The second kappa shape index (κ2) is 7.76. The normalized spacial score (nSPS) is 19.0. The number of hydrogen-bond acceptors (Lipinski definition) is 6. The fourth-order valence-corrected chi connectivity index (χ4v) is 4.03. The van der Waals surface area contributed by atoms with Gasteiger partial charge in [0.1, 0.15) is 5.82 Å². The van der Waals surface area contributed by atoms with Crippen LogP contribution in [0.15, 0.2) is 41.7 Å². The Morgan fingerprint density at radius 1 is 1.39 bits per heavy atom. The summed E-state index contributed by atoms with van der Waals surface area (Å²) in [6.07, 6.45) is 3.86. The number of aliphatic imine (C=N–C) groups is 1. The number of H-pyrrole nitrogens is 1. The zero-order valence-corrected chi connectivity index (χ0v) is 16.5. The van der Waals surface area contributed by atoms with Gasteiger partial charge in [-0.25, -0.2) is 9.37 Å². The van der Waals surface area contributed by atoms with E-state index in [0.717, 1.165) is 5.75 Å². The Hall–Kier alpha value is -2.65. The van der Waals surface area contributed by atoms with Crippen molar-refractivity contribution < 1.29 is 9.18 Å². The van der Waals surface area contributed by atoms with Crippen LogP contribution in [-0.2, 0) is 5.54 Å². The minimum absolute atomic E-state index is 0. The van der Waals surface area contributed by atoms with Gasteiger partial charge in [-0.15, -0.1) is 12.4 Å². The van der Waals surface area contributed by atoms with Crippen molar-refractivity contribution >= 4 is 52.0 Å². The first-order valence-corrected chi connectivity index (χ1v) is 9.32. The number of fused-ring (bicyclic) bond motifs is 1. The topological polar surface area (TPSA) is 109 Å². The molecule has 28 heavy (non-hydrogen) atoms. The molecule has 2 aromatic heterocycles. The molecule has 10 heteroatoms. The number of anilines is 1. The average molecular weight is 421 g/mol. The van der Waals surface area contributed by atoms with Crippen molar-refractivity contribution in [2.24, 2.45) is 10.7 Å². The third kappa shape index (κ3) is 3.81. The predicted octanol–water partition coefficient (Wildman–Crippen LogP) is 3.44. The maximum absolute atomic E-state index is 14.5. The third-order valence-electron chi connectivity index (χ3n) is 4.50. The zero-order chi connectivity index (χ0) is 19.0. The van der Waals surface area contributed by atoms with Crippen molar-refractivity contribution in [2.75, 3.05) is 11.1 Å². The van der Waals surface area contributed by atoms with Gasteiger partial charge in [-0.05, 0) is 37.6 Å². The molecular formula is C18H18ClFN6OS. The summed E-state index contributed by atoms with van der Waals surface area (Å²) in [4.78, 5) is 28.1. The molecule has 146 valence electrons. The number of aromatic nitrogens is 3. The first kappa shape index (κ1) is 20.1. The van der Waals surface area contributed by atoms with Crippen LogP contribution in [0.5, 0.6) is 0 Å². The molecule has 0 saturated heterocycles. The van der Waals surface area contributed by atoms with Gasteiger partial charge in [0, 0.05) is 23.2 Å². The molecule has 1 amide bonds. The molecule has 0 fully saturated rings. The lowest BCUT2D eigenvalue weighted by Gasteiger charge is -2.30. The van der Waals surface area contributed by atoms with Crippen LogP contribution >= 0.6 is 24.2 Å². The molecule has 4 N–H and O–H groups in total. The molecule has 1 aromatic carbocycles. The molecule has 0 spiro atoms. The van der Waals surface area contributed by atoms with E-state index in [0.29, 0.717) is 33.9 Å². The number of nitrogens with two attached hydrogens (primary N) is 1. The van der Waals surface area contributed by atoms with Gasteiger partial charge in [0.2, 0.25) is 0 Å². The maximum atomic E-state index is 14.5. The molecule has 7 nitrogen and oxygen atoms in total. The lowest BCUT2D eigenvalue weighted by molar-refractivity contribution is 0.101. The Morgan fingerprint density at radius 3 is 2.96 bits per heavy atom. The standard InChI is InChI=1S/C18H17FN6OS.ClH/c1-18(5-7-27-17(20)25-18)11-8-10(2-3-12(11)19)22-16(26)15-23-13-4-6-21-9-14(13)24-15;/h2-4,6,8-9H,5,7H2,1H3,(H2,20,25)(H,22,26)(H,23,24);1H/t18-;/m0./s1. The minimum atomic E-state index is -0.759. The minimum Gasteiger partial charge on any atom is -0.379 e. The van der Waals surface area contributed by atoms with Crippen molar-refractivity contribution in [1.29, 1.82) is 0 Å². The summed E-state index contributed by atoms with van der Waals surface area (Å²) in [7, 11) is 0. The molecule has 3 heterocycles. The van der Waals surface area contributed by atoms with Crippen molar-refractivity contribution in [1.82, 2.24) is 15.0 Å². The smallest absolute Gasteiger partial charge is 0.291 e. The van der Waals surface area contributed by atoms with Crippen LogP contribution in [0.2, 0.25) is 0 Å². The van der Waals surface area contributed by atoms with E-state index in [1.807, 2.05) is 6.92 Å². The Morgan fingerprint density at radius 2 is 2.21 bits per heavy atom. The van der Waals surface area contributed by atoms with Crippen LogP contribution in [0.25, 0.3) is 11.0 Å². The molecule has 1 aliphatic heterocycles. The number of carbonyl (C=O) groups excluding carboxylic acids is 1. The van der Waals surface area contributed by atoms with E-state index in [9.17, 15) is 9.18 Å². The number of pyridine rings is 1. The number of thioether (sulfide) groups is 1. The molecular weight excluding hydrogens is 403 g/mol. The number of benzene rings is 1. The van der Waals surface area contributed by atoms with E-state index < -0.39 is 11.4 Å². The number of nitrogens with one attached hydrogen (secondary N) is 2. The lowest BCUT2D eigenvalue weighted by Crippen LogP contribution is -2.29. The van der Waals surface area contributed by atoms with Gasteiger partial charge < -0.3 is 16.0 Å².